The predicted molar refractivity (Wildman–Crippen MR) is 52.5 cm³/mol. The SMILES string of the molecule is Fc1cc(F)c(F)c(F)c1F.Fc1cc(F)c(F)c(F)c1F.[Ti]. The van der Waals surface area contributed by atoms with Crippen LogP contribution < -0.4 is 0 Å². The van der Waals surface area contributed by atoms with Gasteiger partial charge in [-0.3, -0.25) is 0 Å². The van der Waals surface area contributed by atoms with Crippen molar-refractivity contribution < 1.29 is 65.6 Å². The van der Waals surface area contributed by atoms with Gasteiger partial charge in [-0.1, -0.05) is 0 Å². The van der Waals surface area contributed by atoms with Crippen LogP contribution in [0.5, 0.6) is 0 Å². The third kappa shape index (κ3) is 4.71. The fourth-order valence-electron chi connectivity index (χ4n) is 1.09. The van der Waals surface area contributed by atoms with Crippen molar-refractivity contribution in [3.63, 3.8) is 0 Å². The van der Waals surface area contributed by atoms with Gasteiger partial charge in [-0.05, 0) is 0 Å². The number of hydrogen-bond acceptors (Lipinski definition) is 0. The summed E-state index contributed by atoms with van der Waals surface area (Å²) in [6, 6.07) is -0.124. The monoisotopic (exact) mass is 384 g/mol. The third-order valence-corrected chi connectivity index (χ3v) is 2.12. The van der Waals surface area contributed by atoms with Crippen molar-refractivity contribution in [1.29, 1.82) is 0 Å². The van der Waals surface area contributed by atoms with Gasteiger partial charge in [-0.15, -0.1) is 0 Å². The van der Waals surface area contributed by atoms with Gasteiger partial charge in [0.25, 0.3) is 0 Å². The van der Waals surface area contributed by atoms with Crippen LogP contribution in [-0.2, 0) is 21.7 Å². The molecule has 0 saturated heterocycles. The Labute approximate surface area is 136 Å². The number of benzene rings is 2. The van der Waals surface area contributed by atoms with E-state index in [0.717, 1.165) is 0 Å². The fourth-order valence-corrected chi connectivity index (χ4v) is 1.09. The van der Waals surface area contributed by atoms with Gasteiger partial charge in [0.15, 0.2) is 46.5 Å². The Morgan fingerprint density at radius 3 is 0.696 bits per heavy atom. The van der Waals surface area contributed by atoms with E-state index in [-0.39, 0.29) is 33.9 Å². The van der Waals surface area contributed by atoms with Crippen LogP contribution in [-0.4, -0.2) is 0 Å². The van der Waals surface area contributed by atoms with E-state index in [2.05, 4.69) is 0 Å². The van der Waals surface area contributed by atoms with Gasteiger partial charge in [-0.25, -0.2) is 43.9 Å². The smallest absolute Gasteiger partial charge is 0.200 e. The van der Waals surface area contributed by atoms with Crippen molar-refractivity contribution in [2.75, 3.05) is 0 Å². The molecule has 0 unspecified atom stereocenters. The van der Waals surface area contributed by atoms with Crippen molar-refractivity contribution in [1.82, 2.24) is 0 Å². The maximum Gasteiger partial charge on any atom is 0.200 e. The Balaban J connectivity index is 0.000000403. The minimum atomic E-state index is -2.14. The van der Waals surface area contributed by atoms with E-state index in [4.69, 9.17) is 0 Å². The molecule has 0 saturated carbocycles. The van der Waals surface area contributed by atoms with Crippen molar-refractivity contribution in [3.8, 4) is 0 Å². The molecule has 0 atom stereocenters. The second-order valence-corrected chi connectivity index (χ2v) is 3.56. The molecular formula is C12H2F10Ti. The summed E-state index contributed by atoms with van der Waals surface area (Å²) in [5.41, 5.74) is 0. The van der Waals surface area contributed by atoms with Gasteiger partial charge in [0.05, 0.1) is 0 Å². The largest absolute Gasteiger partial charge is 0.204 e. The Bertz CT molecular complexity index is 602. The van der Waals surface area contributed by atoms with Crippen LogP contribution in [0.3, 0.4) is 0 Å². The van der Waals surface area contributed by atoms with E-state index < -0.39 is 58.2 Å². The first-order valence-electron chi connectivity index (χ1n) is 5.04. The summed E-state index contributed by atoms with van der Waals surface area (Å²) in [4.78, 5) is 0. The summed E-state index contributed by atoms with van der Waals surface area (Å²) in [5, 5.41) is 0. The van der Waals surface area contributed by atoms with Crippen LogP contribution in [0.4, 0.5) is 43.9 Å². The van der Waals surface area contributed by atoms with E-state index >= 15 is 0 Å². The topological polar surface area (TPSA) is 0 Å². The summed E-state index contributed by atoms with van der Waals surface area (Å²) < 4.78 is 120. The molecule has 0 fully saturated rings. The average Bonchev–Trinajstić information content (AvgIpc) is 2.47. The van der Waals surface area contributed by atoms with Crippen molar-refractivity contribution in [3.05, 3.63) is 70.3 Å². The zero-order valence-corrected chi connectivity index (χ0v) is 12.0. The predicted octanol–water partition coefficient (Wildman–Crippen LogP) is 4.76. The zero-order chi connectivity index (χ0) is 17.2. The summed E-state index contributed by atoms with van der Waals surface area (Å²) in [5.74, 6) is -19.3. The molecule has 0 N–H and O–H groups in total. The van der Waals surface area contributed by atoms with Crippen molar-refractivity contribution in [2.45, 2.75) is 0 Å². The summed E-state index contributed by atoms with van der Waals surface area (Å²) >= 11 is 0. The molecule has 23 heavy (non-hydrogen) atoms. The van der Waals surface area contributed by atoms with Gasteiger partial charge in [0.2, 0.25) is 11.6 Å². The van der Waals surface area contributed by atoms with Crippen LogP contribution in [0.1, 0.15) is 0 Å². The molecule has 0 spiro atoms. The van der Waals surface area contributed by atoms with Crippen molar-refractivity contribution >= 4 is 0 Å². The molecule has 0 nitrogen and oxygen atoms in total. The molecule has 0 radical (unpaired) electrons. The minimum absolute atomic E-state index is 0. The first-order chi connectivity index (χ1) is 10.1. The first kappa shape index (κ1) is 21.5. The van der Waals surface area contributed by atoms with E-state index in [9.17, 15) is 43.9 Å². The second-order valence-electron chi connectivity index (χ2n) is 3.56. The normalized spacial score (nSPS) is 9.83. The van der Waals surface area contributed by atoms with E-state index in [1.54, 1.807) is 0 Å². The molecule has 11 heteroatoms. The number of halogens is 10. The van der Waals surface area contributed by atoms with Crippen molar-refractivity contribution in [2.24, 2.45) is 0 Å². The number of hydrogen-bond donors (Lipinski definition) is 0. The summed E-state index contributed by atoms with van der Waals surface area (Å²) in [6.45, 7) is 0. The molecule has 124 valence electrons. The molecule has 0 aliphatic heterocycles. The van der Waals surface area contributed by atoms with Crippen LogP contribution in [0.2, 0.25) is 0 Å². The molecule has 0 bridgehead atoms. The molecule has 2 aromatic carbocycles. The Morgan fingerprint density at radius 1 is 0.348 bits per heavy atom. The maximum absolute atomic E-state index is 12.0. The van der Waals surface area contributed by atoms with Crippen LogP contribution in [0.25, 0.3) is 0 Å². The molecule has 0 aromatic heterocycles. The number of rotatable bonds is 0. The Morgan fingerprint density at radius 2 is 0.522 bits per heavy atom. The van der Waals surface area contributed by atoms with Gasteiger partial charge in [0.1, 0.15) is 0 Å². The molecule has 0 heterocycles. The Kier molecular flexibility index (Phi) is 7.79. The zero-order valence-electron chi connectivity index (χ0n) is 10.4. The van der Waals surface area contributed by atoms with Crippen LogP contribution in [0, 0.1) is 58.2 Å². The van der Waals surface area contributed by atoms with Gasteiger partial charge >= 0.3 is 0 Å². The second kappa shape index (κ2) is 8.35. The summed E-state index contributed by atoms with van der Waals surface area (Å²) in [6.07, 6.45) is 0. The van der Waals surface area contributed by atoms with Gasteiger partial charge in [-0.2, -0.15) is 0 Å². The molecule has 0 aliphatic rings. The standard InChI is InChI=1S/2C6HF5.Ti/c2*7-2-1-3(8)5(10)6(11)4(2)9;/h2*1H;. The molecular weight excluding hydrogens is 382 g/mol. The molecule has 0 aliphatic carbocycles. The quantitative estimate of drug-likeness (QED) is 0.266. The first-order valence-corrected chi connectivity index (χ1v) is 5.04. The van der Waals surface area contributed by atoms with Crippen LogP contribution in [0.15, 0.2) is 12.1 Å². The van der Waals surface area contributed by atoms with Gasteiger partial charge in [0, 0.05) is 33.9 Å². The molecule has 2 rings (SSSR count). The maximum atomic E-state index is 12.0. The Hall–Kier alpha value is -1.55. The van der Waals surface area contributed by atoms with E-state index in [0.29, 0.717) is 0 Å². The van der Waals surface area contributed by atoms with E-state index in [1.165, 1.54) is 0 Å². The third-order valence-electron chi connectivity index (χ3n) is 2.12. The molecule has 0 amide bonds. The molecule has 2 aromatic rings. The average molecular weight is 384 g/mol. The fraction of sp³-hybridized carbons (Fsp3) is 0. The van der Waals surface area contributed by atoms with Crippen LogP contribution >= 0.6 is 0 Å². The minimum Gasteiger partial charge on any atom is -0.204 e. The van der Waals surface area contributed by atoms with Gasteiger partial charge < -0.3 is 0 Å². The summed E-state index contributed by atoms with van der Waals surface area (Å²) in [7, 11) is 0. The van der Waals surface area contributed by atoms with E-state index in [1.807, 2.05) is 0 Å².